The topological polar surface area (TPSA) is 129 Å². The molecule has 0 amide bonds. The fourth-order valence-electron chi connectivity index (χ4n) is 6.09. The largest absolute Gasteiger partial charge is 0.458 e. The van der Waals surface area contributed by atoms with Crippen LogP contribution in [0.2, 0.25) is 0 Å². The van der Waals surface area contributed by atoms with Crippen LogP contribution in [-0.2, 0) is 25.7 Å². The number of hydrogen-bond acceptors (Lipinski definition) is 9. The van der Waals surface area contributed by atoms with Crippen LogP contribution >= 0.6 is 11.3 Å². The average molecular weight is 590 g/mol. The van der Waals surface area contributed by atoms with Crippen LogP contribution in [-0.4, -0.2) is 68.2 Å². The number of ketones is 1. The third-order valence-corrected chi connectivity index (χ3v) is 9.95. The molecule has 40 heavy (non-hydrogen) atoms. The lowest BCUT2D eigenvalue weighted by Crippen LogP contribution is -2.46. The Hall–Kier alpha value is -1.86. The molecular formula is C28H38F3NO7S. The summed E-state index contributed by atoms with van der Waals surface area (Å²) in [5.74, 6) is -3.19. The Morgan fingerprint density at radius 3 is 2.50 bits per heavy atom. The number of thiazole rings is 1. The highest BCUT2D eigenvalue weighted by atomic mass is 32.1. The van der Waals surface area contributed by atoms with Gasteiger partial charge in [0.1, 0.15) is 23.0 Å². The van der Waals surface area contributed by atoms with Crippen molar-refractivity contribution in [1.82, 2.24) is 4.98 Å². The number of fused-ring (bicyclic) bond motifs is 2. The highest BCUT2D eigenvalue weighted by Gasteiger charge is 2.74. The van der Waals surface area contributed by atoms with E-state index in [-0.39, 0.29) is 31.3 Å². The van der Waals surface area contributed by atoms with Crippen LogP contribution in [0.5, 0.6) is 0 Å². The molecule has 0 unspecified atom stereocenters. The van der Waals surface area contributed by atoms with Crippen LogP contribution in [0.25, 0.3) is 6.08 Å². The normalized spacial score (nSPS) is 39.2. The second-order valence-corrected chi connectivity index (χ2v) is 13.2. The summed E-state index contributed by atoms with van der Waals surface area (Å²) >= 11 is 1.21. The van der Waals surface area contributed by atoms with Gasteiger partial charge in [-0.3, -0.25) is 9.59 Å². The van der Waals surface area contributed by atoms with E-state index in [4.69, 9.17) is 9.47 Å². The Bertz CT molecular complexity index is 1150. The summed E-state index contributed by atoms with van der Waals surface area (Å²) in [5.41, 5.74) is -2.88. The second-order valence-electron chi connectivity index (χ2n) is 12.2. The van der Waals surface area contributed by atoms with E-state index < -0.39 is 71.6 Å². The van der Waals surface area contributed by atoms with E-state index >= 15 is 0 Å². The maximum absolute atomic E-state index is 14.4. The van der Waals surface area contributed by atoms with Crippen molar-refractivity contribution in [2.24, 2.45) is 29.1 Å². The summed E-state index contributed by atoms with van der Waals surface area (Å²) in [7, 11) is 0. The van der Waals surface area contributed by atoms with Crippen molar-refractivity contribution in [3.05, 3.63) is 21.7 Å². The Kier molecular flexibility index (Phi) is 8.62. The first kappa shape index (κ1) is 31.1. The third kappa shape index (κ3) is 6.01. The molecule has 1 saturated carbocycles. The molecule has 0 bridgehead atoms. The Balaban J connectivity index is 1.66. The van der Waals surface area contributed by atoms with E-state index in [1.165, 1.54) is 25.2 Å². The highest BCUT2D eigenvalue weighted by molar-refractivity contribution is 7.09. The third-order valence-electron chi connectivity index (χ3n) is 9.10. The highest BCUT2D eigenvalue weighted by Crippen LogP contribution is 2.61. The fraction of sp³-hybridized carbons (Fsp3) is 0.750. The summed E-state index contributed by atoms with van der Waals surface area (Å²) in [6.45, 7) is 7.63. The maximum Gasteiger partial charge on any atom is 0.420 e. The van der Waals surface area contributed by atoms with Crippen LogP contribution in [0.1, 0.15) is 71.0 Å². The Morgan fingerprint density at radius 1 is 1.23 bits per heavy atom. The number of rotatable bonds is 3. The summed E-state index contributed by atoms with van der Waals surface area (Å²) in [5, 5.41) is 33.3. The number of epoxide rings is 1. The molecule has 0 spiro atoms. The SMILES string of the molecule is C/C(=C\c1csc(CO)n1)[C@@H]1C[C@@H]2O[C@]2(C(F)(F)F)C[C@@H]2C[C@@H]2[C@H](C)[C@H](O)[C@@H](C)C(=O)C(C)(C)[C@@H](O)CC(=O)O1. The quantitative estimate of drug-likeness (QED) is 0.356. The van der Waals surface area contributed by atoms with Gasteiger partial charge in [0.05, 0.1) is 36.3 Å². The molecule has 224 valence electrons. The van der Waals surface area contributed by atoms with E-state index in [2.05, 4.69) is 4.98 Å². The zero-order chi connectivity index (χ0) is 29.8. The van der Waals surface area contributed by atoms with Gasteiger partial charge in [-0.2, -0.15) is 13.2 Å². The molecule has 8 nitrogen and oxygen atoms in total. The fourth-order valence-corrected chi connectivity index (χ4v) is 6.70. The number of carbonyl (C=O) groups is 2. The van der Waals surface area contributed by atoms with Gasteiger partial charge in [-0.1, -0.05) is 27.7 Å². The van der Waals surface area contributed by atoms with E-state index in [0.29, 0.717) is 22.7 Å². The van der Waals surface area contributed by atoms with Gasteiger partial charge in [0.2, 0.25) is 0 Å². The molecule has 3 N–H and O–H groups in total. The first-order chi connectivity index (χ1) is 18.5. The number of ether oxygens (including phenoxy) is 2. The van der Waals surface area contributed by atoms with Crippen molar-refractivity contribution in [3.8, 4) is 0 Å². The van der Waals surface area contributed by atoms with Gasteiger partial charge in [0.25, 0.3) is 0 Å². The van der Waals surface area contributed by atoms with Crippen molar-refractivity contribution in [1.29, 1.82) is 0 Å². The number of hydrogen-bond donors (Lipinski definition) is 3. The van der Waals surface area contributed by atoms with E-state index in [9.17, 15) is 38.1 Å². The van der Waals surface area contributed by atoms with Crippen LogP contribution in [0.3, 0.4) is 0 Å². The van der Waals surface area contributed by atoms with Crippen LogP contribution in [0.15, 0.2) is 11.0 Å². The zero-order valence-corrected chi connectivity index (χ0v) is 24.1. The molecule has 2 aliphatic heterocycles. The Morgan fingerprint density at radius 2 is 1.90 bits per heavy atom. The van der Waals surface area contributed by atoms with Crippen molar-refractivity contribution in [2.75, 3.05) is 0 Å². The predicted molar refractivity (Wildman–Crippen MR) is 140 cm³/mol. The molecule has 3 heterocycles. The number of aliphatic hydroxyl groups excluding tert-OH is 3. The second kappa shape index (κ2) is 11.1. The molecule has 1 aromatic rings. The standard InChI is InChI=1S/C28H38F3NO7S/c1-13(6-17-12-40-22(11-33)32-17)19-8-21-27(39-21,28(29,30)31)10-16-7-18(16)14(2)24(36)15(3)25(37)26(4,5)20(34)9-23(35)38-19/h6,12,14-16,18-21,24,33-34,36H,7-11H2,1-5H3/b13-6+/t14-,15+,16-,18+,19-,20-,21-,24-,27+/m0/s1. The monoisotopic (exact) mass is 589 g/mol. The summed E-state index contributed by atoms with van der Waals surface area (Å²) in [4.78, 5) is 30.5. The Labute approximate surface area is 235 Å². The molecule has 12 heteroatoms. The lowest BCUT2D eigenvalue weighted by molar-refractivity contribution is -0.187. The molecule has 1 aliphatic carbocycles. The lowest BCUT2D eigenvalue weighted by Gasteiger charge is -2.34. The summed E-state index contributed by atoms with van der Waals surface area (Å²) < 4.78 is 54.1. The molecule has 3 fully saturated rings. The first-order valence-electron chi connectivity index (χ1n) is 13.6. The number of aliphatic hydroxyl groups is 3. The number of Topliss-reactive ketones (excluding diaryl/α,β-unsaturated/α-hetero) is 1. The number of halogens is 3. The minimum Gasteiger partial charge on any atom is -0.458 e. The van der Waals surface area contributed by atoms with Crippen molar-refractivity contribution in [3.63, 3.8) is 0 Å². The minimum atomic E-state index is -4.65. The van der Waals surface area contributed by atoms with Gasteiger partial charge >= 0.3 is 12.1 Å². The lowest BCUT2D eigenvalue weighted by atomic mass is 9.72. The van der Waals surface area contributed by atoms with E-state index in [1.807, 2.05) is 0 Å². The number of carbonyl (C=O) groups excluding carboxylic acids is 2. The number of cyclic esters (lactones) is 1. The average Bonchev–Trinajstić information content (AvgIpc) is 3.75. The molecular weight excluding hydrogens is 551 g/mol. The molecule has 0 aromatic carbocycles. The van der Waals surface area contributed by atoms with E-state index in [0.717, 1.165) is 0 Å². The molecule has 2 saturated heterocycles. The number of esters is 1. The molecule has 1 aromatic heterocycles. The minimum absolute atomic E-state index is 0.198. The maximum atomic E-state index is 14.4. The summed E-state index contributed by atoms with van der Waals surface area (Å²) in [6.07, 6.45) is -8.58. The van der Waals surface area contributed by atoms with E-state index in [1.54, 1.807) is 32.2 Å². The molecule has 0 radical (unpaired) electrons. The van der Waals surface area contributed by atoms with Crippen molar-refractivity contribution < 1.29 is 47.6 Å². The zero-order valence-electron chi connectivity index (χ0n) is 23.3. The van der Waals surface area contributed by atoms with Gasteiger partial charge in [-0.05, 0) is 49.2 Å². The predicted octanol–water partition coefficient (Wildman–Crippen LogP) is 4.06. The van der Waals surface area contributed by atoms with Crippen LogP contribution < -0.4 is 0 Å². The van der Waals surface area contributed by atoms with Crippen LogP contribution in [0, 0.1) is 29.1 Å². The van der Waals surface area contributed by atoms with Gasteiger partial charge in [0.15, 0.2) is 5.60 Å². The number of aromatic nitrogens is 1. The smallest absolute Gasteiger partial charge is 0.420 e. The summed E-state index contributed by atoms with van der Waals surface area (Å²) in [6, 6.07) is 0. The van der Waals surface area contributed by atoms with Crippen molar-refractivity contribution >= 4 is 29.2 Å². The van der Waals surface area contributed by atoms with Gasteiger partial charge in [-0.25, -0.2) is 4.98 Å². The number of alkyl halides is 3. The molecule has 4 rings (SSSR count). The van der Waals surface area contributed by atoms with Crippen molar-refractivity contribution in [2.45, 2.75) is 103 Å². The van der Waals surface area contributed by atoms with Crippen LogP contribution in [0.4, 0.5) is 13.2 Å². The first-order valence-corrected chi connectivity index (χ1v) is 14.5. The number of nitrogens with zero attached hydrogens (tertiary/aromatic N) is 1. The molecule has 3 aliphatic rings. The van der Waals surface area contributed by atoms with Gasteiger partial charge in [-0.15, -0.1) is 11.3 Å². The van der Waals surface area contributed by atoms with Gasteiger partial charge < -0.3 is 24.8 Å². The van der Waals surface area contributed by atoms with Gasteiger partial charge in [0, 0.05) is 17.7 Å². The molecule has 9 atom stereocenters.